The van der Waals surface area contributed by atoms with Crippen molar-refractivity contribution in [3.05, 3.63) is 48.5 Å². The Morgan fingerprint density at radius 3 is 2.75 bits per heavy atom. The Balaban J connectivity index is 1.85. The highest BCUT2D eigenvalue weighted by molar-refractivity contribution is 5.73. The molecule has 0 aliphatic heterocycles. The molecule has 0 aliphatic carbocycles. The Hall–Kier alpha value is -2.63. The van der Waals surface area contributed by atoms with Gasteiger partial charge in [0.05, 0.1) is 6.20 Å². The number of anilines is 1. The van der Waals surface area contributed by atoms with E-state index in [1.807, 2.05) is 55.3 Å². The van der Waals surface area contributed by atoms with E-state index in [1.165, 1.54) is 0 Å². The molecule has 0 aliphatic rings. The van der Waals surface area contributed by atoms with Crippen LogP contribution in [0.4, 0.5) is 5.69 Å². The molecule has 0 fully saturated rings. The van der Waals surface area contributed by atoms with Crippen LogP contribution in [0.2, 0.25) is 0 Å². The van der Waals surface area contributed by atoms with Crippen LogP contribution in [0.15, 0.2) is 43.0 Å². The molecule has 102 valence electrons. The maximum absolute atomic E-state index is 4.17. The summed E-state index contributed by atoms with van der Waals surface area (Å²) in [6.07, 6.45) is 5.56. The van der Waals surface area contributed by atoms with Crippen molar-refractivity contribution in [3.63, 3.8) is 0 Å². The summed E-state index contributed by atoms with van der Waals surface area (Å²) < 4.78 is 3.70. The average Bonchev–Trinajstić information content (AvgIpc) is 3.05. The minimum Gasteiger partial charge on any atom is -0.380 e. The normalized spacial score (nSPS) is 10.7. The van der Waals surface area contributed by atoms with E-state index in [1.54, 1.807) is 11.0 Å². The van der Waals surface area contributed by atoms with Gasteiger partial charge in [0.25, 0.3) is 0 Å². The molecule has 0 saturated carbocycles. The molecule has 0 bridgehead atoms. The standard InChI is InChI=1S/C14H16N6/c1-19-10-16-18-14(19)12-5-3-4-6-13(12)15-7-11-8-17-20(2)9-11/h3-6,8-10,15H,7H2,1-2H3. The van der Waals surface area contributed by atoms with Gasteiger partial charge in [-0.3, -0.25) is 4.68 Å². The topological polar surface area (TPSA) is 60.6 Å². The Morgan fingerprint density at radius 1 is 1.20 bits per heavy atom. The van der Waals surface area contributed by atoms with Crippen molar-refractivity contribution in [3.8, 4) is 11.4 Å². The molecule has 20 heavy (non-hydrogen) atoms. The third-order valence-electron chi connectivity index (χ3n) is 3.12. The lowest BCUT2D eigenvalue weighted by Crippen LogP contribution is -2.02. The van der Waals surface area contributed by atoms with Crippen molar-refractivity contribution in [1.82, 2.24) is 24.5 Å². The third-order valence-corrected chi connectivity index (χ3v) is 3.12. The van der Waals surface area contributed by atoms with Crippen LogP contribution in [0.3, 0.4) is 0 Å². The van der Waals surface area contributed by atoms with E-state index < -0.39 is 0 Å². The summed E-state index contributed by atoms with van der Waals surface area (Å²) in [7, 11) is 3.85. The smallest absolute Gasteiger partial charge is 0.165 e. The fourth-order valence-corrected chi connectivity index (χ4v) is 2.12. The van der Waals surface area contributed by atoms with Gasteiger partial charge >= 0.3 is 0 Å². The molecule has 3 aromatic rings. The minimum absolute atomic E-state index is 0.725. The number of para-hydroxylation sites is 1. The van der Waals surface area contributed by atoms with Crippen molar-refractivity contribution < 1.29 is 0 Å². The van der Waals surface area contributed by atoms with Crippen molar-refractivity contribution in [2.24, 2.45) is 14.1 Å². The Morgan fingerprint density at radius 2 is 2.05 bits per heavy atom. The number of hydrogen-bond donors (Lipinski definition) is 1. The zero-order valence-electron chi connectivity index (χ0n) is 11.5. The molecule has 0 atom stereocenters. The molecular weight excluding hydrogens is 252 g/mol. The van der Waals surface area contributed by atoms with Gasteiger partial charge in [-0.15, -0.1) is 10.2 Å². The SMILES string of the molecule is Cn1cc(CNc2ccccc2-c2nncn2C)cn1. The Kier molecular flexibility index (Phi) is 3.20. The largest absolute Gasteiger partial charge is 0.380 e. The Labute approximate surface area is 117 Å². The number of benzene rings is 1. The summed E-state index contributed by atoms with van der Waals surface area (Å²) in [5.74, 6) is 0.847. The first-order valence-electron chi connectivity index (χ1n) is 6.39. The lowest BCUT2D eigenvalue weighted by atomic mass is 10.1. The van der Waals surface area contributed by atoms with Gasteiger partial charge in [0.1, 0.15) is 6.33 Å². The van der Waals surface area contributed by atoms with Crippen molar-refractivity contribution in [2.75, 3.05) is 5.32 Å². The first-order valence-corrected chi connectivity index (χ1v) is 6.39. The zero-order chi connectivity index (χ0) is 13.9. The van der Waals surface area contributed by atoms with E-state index >= 15 is 0 Å². The highest BCUT2D eigenvalue weighted by atomic mass is 15.3. The second kappa shape index (κ2) is 5.16. The molecule has 0 amide bonds. The fraction of sp³-hybridized carbons (Fsp3) is 0.214. The summed E-state index contributed by atoms with van der Waals surface area (Å²) in [4.78, 5) is 0. The molecular formula is C14H16N6. The van der Waals surface area contributed by atoms with Crippen LogP contribution in [0.25, 0.3) is 11.4 Å². The number of rotatable bonds is 4. The van der Waals surface area contributed by atoms with Gasteiger partial charge in [0, 0.05) is 43.7 Å². The van der Waals surface area contributed by atoms with Crippen LogP contribution in [0.5, 0.6) is 0 Å². The predicted octanol–water partition coefficient (Wildman–Crippen LogP) is 1.83. The van der Waals surface area contributed by atoms with Crippen LogP contribution in [0.1, 0.15) is 5.56 Å². The summed E-state index contributed by atoms with van der Waals surface area (Å²) in [5.41, 5.74) is 3.21. The zero-order valence-corrected chi connectivity index (χ0v) is 11.5. The molecule has 0 spiro atoms. The quantitative estimate of drug-likeness (QED) is 0.784. The van der Waals surface area contributed by atoms with E-state index in [9.17, 15) is 0 Å². The van der Waals surface area contributed by atoms with Gasteiger partial charge < -0.3 is 9.88 Å². The maximum atomic E-state index is 4.17. The lowest BCUT2D eigenvalue weighted by molar-refractivity contribution is 0.767. The van der Waals surface area contributed by atoms with E-state index in [2.05, 4.69) is 20.6 Å². The highest BCUT2D eigenvalue weighted by Crippen LogP contribution is 2.25. The van der Waals surface area contributed by atoms with Crippen molar-refractivity contribution >= 4 is 5.69 Å². The minimum atomic E-state index is 0.725. The van der Waals surface area contributed by atoms with E-state index in [4.69, 9.17) is 0 Å². The molecule has 3 rings (SSSR count). The number of nitrogens with zero attached hydrogens (tertiary/aromatic N) is 5. The van der Waals surface area contributed by atoms with E-state index in [-0.39, 0.29) is 0 Å². The van der Waals surface area contributed by atoms with Gasteiger partial charge in [0.15, 0.2) is 5.82 Å². The average molecular weight is 268 g/mol. The molecule has 0 unspecified atom stereocenters. The third kappa shape index (κ3) is 2.40. The summed E-state index contributed by atoms with van der Waals surface area (Å²) >= 11 is 0. The maximum Gasteiger partial charge on any atom is 0.165 e. The molecule has 0 radical (unpaired) electrons. The summed E-state index contributed by atoms with van der Waals surface area (Å²) in [6, 6.07) is 8.08. The number of aromatic nitrogens is 5. The van der Waals surface area contributed by atoms with Gasteiger partial charge in [0.2, 0.25) is 0 Å². The fourth-order valence-electron chi connectivity index (χ4n) is 2.12. The monoisotopic (exact) mass is 268 g/mol. The summed E-state index contributed by atoms with van der Waals surface area (Å²) in [5, 5.41) is 15.7. The van der Waals surface area contributed by atoms with Gasteiger partial charge in [-0.05, 0) is 12.1 Å². The first-order chi connectivity index (χ1) is 9.74. The second-order valence-corrected chi connectivity index (χ2v) is 4.69. The molecule has 2 heterocycles. The predicted molar refractivity (Wildman–Crippen MR) is 77.0 cm³/mol. The second-order valence-electron chi connectivity index (χ2n) is 4.69. The van der Waals surface area contributed by atoms with E-state index in [0.717, 1.165) is 29.2 Å². The summed E-state index contributed by atoms with van der Waals surface area (Å²) in [6.45, 7) is 0.725. The Bertz CT molecular complexity index is 712. The van der Waals surface area contributed by atoms with Gasteiger partial charge in [-0.2, -0.15) is 5.10 Å². The van der Waals surface area contributed by atoms with Crippen LogP contribution in [0, 0.1) is 0 Å². The van der Waals surface area contributed by atoms with Crippen molar-refractivity contribution in [1.29, 1.82) is 0 Å². The molecule has 2 aromatic heterocycles. The van der Waals surface area contributed by atoms with Crippen LogP contribution < -0.4 is 5.32 Å². The first kappa shape index (κ1) is 12.4. The van der Waals surface area contributed by atoms with Gasteiger partial charge in [-0.25, -0.2) is 0 Å². The highest BCUT2D eigenvalue weighted by Gasteiger charge is 2.09. The van der Waals surface area contributed by atoms with E-state index in [0.29, 0.717) is 0 Å². The molecule has 0 saturated heterocycles. The number of aryl methyl sites for hydroxylation is 2. The van der Waals surface area contributed by atoms with Crippen molar-refractivity contribution in [2.45, 2.75) is 6.54 Å². The van der Waals surface area contributed by atoms with Crippen LogP contribution in [-0.2, 0) is 20.6 Å². The lowest BCUT2D eigenvalue weighted by Gasteiger charge is -2.10. The number of nitrogens with one attached hydrogen (secondary N) is 1. The molecule has 6 heteroatoms. The molecule has 1 N–H and O–H groups in total. The number of hydrogen-bond acceptors (Lipinski definition) is 4. The van der Waals surface area contributed by atoms with Crippen LogP contribution >= 0.6 is 0 Å². The molecule has 6 nitrogen and oxygen atoms in total. The van der Waals surface area contributed by atoms with Gasteiger partial charge in [-0.1, -0.05) is 12.1 Å². The molecule has 1 aromatic carbocycles. The van der Waals surface area contributed by atoms with Crippen LogP contribution in [-0.4, -0.2) is 24.5 Å².